The Kier molecular flexibility index (Phi) is 6.63. The van der Waals surface area contributed by atoms with Gasteiger partial charge in [-0.25, -0.2) is 13.9 Å². The van der Waals surface area contributed by atoms with Gasteiger partial charge in [0.2, 0.25) is 0 Å². The van der Waals surface area contributed by atoms with Crippen molar-refractivity contribution in [1.29, 1.82) is 0 Å². The minimum absolute atomic E-state index is 0.0605. The van der Waals surface area contributed by atoms with Crippen molar-refractivity contribution in [2.45, 2.75) is 76.0 Å². The quantitative estimate of drug-likeness (QED) is 0.278. The minimum Gasteiger partial charge on any atom is -0.598 e. The first-order chi connectivity index (χ1) is 18.1. The van der Waals surface area contributed by atoms with Gasteiger partial charge in [0.1, 0.15) is 16.4 Å². The van der Waals surface area contributed by atoms with Gasteiger partial charge < -0.3 is 19.7 Å². The van der Waals surface area contributed by atoms with Crippen LogP contribution in [0.4, 0.5) is 10.2 Å². The second-order valence-corrected chi connectivity index (χ2v) is 14.0. The Hall–Kier alpha value is -2.31. The zero-order chi connectivity index (χ0) is 26.8. The van der Waals surface area contributed by atoms with E-state index in [1.54, 1.807) is 12.3 Å². The number of hydrogen-bond donors (Lipinski definition) is 3. The summed E-state index contributed by atoms with van der Waals surface area (Å²) in [5, 5.41) is 23.6. The third-order valence-corrected chi connectivity index (χ3v) is 9.72. The van der Waals surface area contributed by atoms with Gasteiger partial charge in [0.05, 0.1) is 30.0 Å². The van der Waals surface area contributed by atoms with E-state index in [4.69, 9.17) is 4.98 Å². The number of aromatic nitrogens is 4. The summed E-state index contributed by atoms with van der Waals surface area (Å²) in [5.41, 5.74) is 2.39. The number of aliphatic hydroxyl groups is 2. The molecule has 9 nitrogen and oxygen atoms in total. The Morgan fingerprint density at radius 3 is 2.76 bits per heavy atom. The molecule has 6 rings (SSSR count). The molecule has 2 aliphatic carbocycles. The maximum absolute atomic E-state index is 14.6. The number of rotatable bonds is 9. The van der Waals surface area contributed by atoms with E-state index in [2.05, 4.69) is 19.7 Å². The average molecular weight is 543 g/mol. The number of hydrogen-bond acceptors (Lipinski definition) is 8. The van der Waals surface area contributed by atoms with Gasteiger partial charge in [-0.3, -0.25) is 4.98 Å². The van der Waals surface area contributed by atoms with Gasteiger partial charge in [-0.1, -0.05) is 0 Å². The molecule has 3 aromatic rings. The smallest absolute Gasteiger partial charge is 0.183 e. The third-order valence-electron chi connectivity index (χ3n) is 8.09. The highest BCUT2D eigenvalue weighted by atomic mass is 32.2. The van der Waals surface area contributed by atoms with Gasteiger partial charge >= 0.3 is 0 Å². The van der Waals surface area contributed by atoms with Crippen LogP contribution in [0.25, 0.3) is 5.65 Å². The summed E-state index contributed by atoms with van der Waals surface area (Å²) in [6.07, 6.45) is 7.60. The predicted octanol–water partition coefficient (Wildman–Crippen LogP) is 3.21. The van der Waals surface area contributed by atoms with E-state index in [1.165, 1.54) is 16.9 Å². The molecule has 3 aromatic heterocycles. The van der Waals surface area contributed by atoms with Gasteiger partial charge in [-0.15, -0.1) is 4.72 Å². The molecule has 2 saturated carbocycles. The molecule has 5 atom stereocenters. The molecule has 1 saturated heterocycles. The van der Waals surface area contributed by atoms with E-state index in [-0.39, 0.29) is 28.2 Å². The molecule has 11 heteroatoms. The zero-order valence-corrected chi connectivity index (χ0v) is 22.7. The Labute approximate surface area is 224 Å². The van der Waals surface area contributed by atoms with Crippen LogP contribution in [0.2, 0.25) is 0 Å². The van der Waals surface area contributed by atoms with Crippen molar-refractivity contribution in [2.24, 2.45) is 17.8 Å². The van der Waals surface area contributed by atoms with Gasteiger partial charge in [0.25, 0.3) is 0 Å². The van der Waals surface area contributed by atoms with Crippen molar-refractivity contribution < 1.29 is 19.2 Å². The van der Waals surface area contributed by atoms with E-state index >= 15 is 0 Å². The summed E-state index contributed by atoms with van der Waals surface area (Å²) in [6, 6.07) is 3.56. The van der Waals surface area contributed by atoms with Crippen LogP contribution in [0.1, 0.15) is 75.6 Å². The molecule has 0 bridgehead atoms. The topological polar surface area (TPSA) is 122 Å². The number of nitrogens with zero attached hydrogens (tertiary/aromatic N) is 5. The Balaban J connectivity index is 1.28. The number of aliphatic hydroxyl groups excluding tert-OH is 1. The number of fused-ring (bicyclic) bond motifs is 2. The molecule has 0 aromatic carbocycles. The minimum atomic E-state index is -1.67. The van der Waals surface area contributed by atoms with Gasteiger partial charge in [0, 0.05) is 29.8 Å². The monoisotopic (exact) mass is 542 g/mol. The van der Waals surface area contributed by atoms with Crippen molar-refractivity contribution in [2.75, 3.05) is 11.4 Å². The predicted molar refractivity (Wildman–Crippen MR) is 142 cm³/mol. The fourth-order valence-electron chi connectivity index (χ4n) is 5.76. The summed E-state index contributed by atoms with van der Waals surface area (Å²) in [7, 11) is 0. The molecule has 3 N–H and O–H groups in total. The number of aryl methyl sites for hydroxylation is 1. The lowest BCUT2D eigenvalue weighted by Gasteiger charge is -2.31. The molecule has 3 aliphatic rings. The molecular formula is C27H35FN6O3S. The van der Waals surface area contributed by atoms with Gasteiger partial charge in [-0.05, 0) is 88.3 Å². The highest BCUT2D eigenvalue weighted by Crippen LogP contribution is 2.57. The summed E-state index contributed by atoms with van der Waals surface area (Å²) < 4.78 is 32.0. The number of anilines is 1. The van der Waals surface area contributed by atoms with E-state index in [0.717, 1.165) is 43.5 Å². The van der Waals surface area contributed by atoms with Crippen LogP contribution in [-0.4, -0.2) is 51.7 Å². The first kappa shape index (κ1) is 25.9. The van der Waals surface area contributed by atoms with E-state index in [1.807, 2.05) is 26.8 Å². The lowest BCUT2D eigenvalue weighted by molar-refractivity contribution is -0.0414. The number of pyridine rings is 1. The molecule has 38 heavy (non-hydrogen) atoms. The molecule has 0 spiro atoms. The fourth-order valence-corrected chi connectivity index (χ4v) is 6.70. The summed E-state index contributed by atoms with van der Waals surface area (Å²) in [6.45, 7) is 6.72. The van der Waals surface area contributed by atoms with Gasteiger partial charge in [0.15, 0.2) is 11.9 Å². The average Bonchev–Trinajstić information content (AvgIpc) is 3.78. The molecule has 3 fully saturated rings. The molecule has 0 radical (unpaired) electrons. The van der Waals surface area contributed by atoms with Crippen molar-refractivity contribution in [3.63, 3.8) is 0 Å². The normalized spacial score (nSPS) is 24.7. The molecule has 0 amide bonds. The number of nitrogens with one attached hydrogen (secondary N) is 1. The molecule has 3 unspecified atom stereocenters. The van der Waals surface area contributed by atoms with Crippen LogP contribution in [0.15, 0.2) is 30.7 Å². The standard InChI is InChI=1S/C27H35FN6O3S/c1-27(2,3)38(37)32-21(15-4-5-15)6-7-22-19(11-17(28)12-29-22)24-18-10-16(18)14-33(24)23-8-9-34-25(31-23)20(13-30-34)26(35)36/h8-9,11-13,15-16,18,21,24,26,32,35-36H,4-7,10,14H2,1-3H3/t16?,18?,21-,24?,38+/m0/s1. The lowest BCUT2D eigenvalue weighted by atomic mass is 9.96. The highest BCUT2D eigenvalue weighted by molar-refractivity contribution is 7.90. The number of halogens is 1. The maximum Gasteiger partial charge on any atom is 0.183 e. The van der Waals surface area contributed by atoms with Crippen molar-refractivity contribution >= 4 is 22.8 Å². The number of piperidine rings is 1. The first-order valence-electron chi connectivity index (χ1n) is 13.4. The van der Waals surface area contributed by atoms with E-state index < -0.39 is 17.7 Å². The highest BCUT2D eigenvalue weighted by Gasteiger charge is 2.54. The molecule has 4 heterocycles. The SMILES string of the molecule is CC(C)(C)[S@@+]([O-])N[C@@H](CCc1ncc(F)cc1C1C2CC2CN1c1ccn2ncc(C(O)O)c2n1)C1CC1. The van der Waals surface area contributed by atoms with Crippen molar-refractivity contribution in [3.05, 3.63) is 53.4 Å². The van der Waals surface area contributed by atoms with E-state index in [0.29, 0.717) is 35.6 Å². The Morgan fingerprint density at radius 2 is 2.05 bits per heavy atom. The zero-order valence-electron chi connectivity index (χ0n) is 21.9. The third kappa shape index (κ3) is 5.02. The fraction of sp³-hybridized carbons (Fsp3) is 0.593. The van der Waals surface area contributed by atoms with Crippen LogP contribution in [-0.2, 0) is 17.8 Å². The van der Waals surface area contributed by atoms with Crippen LogP contribution >= 0.6 is 0 Å². The Morgan fingerprint density at radius 1 is 1.26 bits per heavy atom. The summed E-state index contributed by atoms with van der Waals surface area (Å²) in [5.74, 6) is 1.77. The van der Waals surface area contributed by atoms with Crippen LogP contribution < -0.4 is 9.62 Å². The molecule has 1 aliphatic heterocycles. The van der Waals surface area contributed by atoms with Crippen LogP contribution in [0.5, 0.6) is 0 Å². The van der Waals surface area contributed by atoms with Crippen LogP contribution in [0, 0.1) is 23.6 Å². The van der Waals surface area contributed by atoms with Gasteiger partial charge in [-0.2, -0.15) is 5.10 Å². The van der Waals surface area contributed by atoms with Crippen molar-refractivity contribution in [3.8, 4) is 0 Å². The molecular weight excluding hydrogens is 507 g/mol. The lowest BCUT2D eigenvalue weighted by Crippen LogP contribution is -2.45. The first-order valence-corrected chi connectivity index (χ1v) is 14.5. The Bertz CT molecular complexity index is 1330. The second kappa shape index (κ2) is 9.71. The largest absolute Gasteiger partial charge is 0.598 e. The van der Waals surface area contributed by atoms with Crippen LogP contribution in [0.3, 0.4) is 0 Å². The summed E-state index contributed by atoms with van der Waals surface area (Å²) in [4.78, 5) is 11.5. The summed E-state index contributed by atoms with van der Waals surface area (Å²) >= 11 is -1.15. The second-order valence-electron chi connectivity index (χ2n) is 12.0. The van der Waals surface area contributed by atoms with Crippen molar-refractivity contribution in [1.82, 2.24) is 24.3 Å². The molecule has 204 valence electrons. The van der Waals surface area contributed by atoms with E-state index in [9.17, 15) is 19.2 Å². The maximum atomic E-state index is 14.6.